The van der Waals surface area contributed by atoms with Crippen molar-refractivity contribution in [2.24, 2.45) is 23.7 Å². The predicted molar refractivity (Wildman–Crippen MR) is 213 cm³/mol. The highest BCUT2D eigenvalue weighted by molar-refractivity contribution is 6.25. The number of esters is 1. The summed E-state index contributed by atoms with van der Waals surface area (Å²) < 4.78 is 28.5. The molecular weight excluding hydrogens is 764 g/mol. The van der Waals surface area contributed by atoms with Gasteiger partial charge in [0, 0.05) is 50.8 Å². The van der Waals surface area contributed by atoms with Gasteiger partial charge in [0.2, 0.25) is 11.8 Å². The van der Waals surface area contributed by atoms with Gasteiger partial charge in [-0.25, -0.2) is 4.79 Å². The highest BCUT2D eigenvalue weighted by Crippen LogP contribution is 2.45. The number of hydrogen-bond acceptors (Lipinski definition) is 13. The Kier molecular flexibility index (Phi) is 15.7. The Morgan fingerprint density at radius 3 is 2.39 bits per heavy atom. The van der Waals surface area contributed by atoms with Crippen LogP contribution in [0.1, 0.15) is 92.4 Å². The second kappa shape index (κ2) is 21.1. The molecule has 0 saturated carbocycles. The van der Waals surface area contributed by atoms with Gasteiger partial charge in [0.25, 0.3) is 11.8 Å². The summed E-state index contributed by atoms with van der Waals surface area (Å²) in [7, 11) is 0. The molecule has 0 radical (unpaired) electrons. The fraction of sp³-hybridized carbons (Fsp3) is 0.628. The van der Waals surface area contributed by atoms with Crippen LogP contribution in [0.15, 0.2) is 42.0 Å². The lowest BCUT2D eigenvalue weighted by atomic mass is 9.65. The molecule has 0 spiro atoms. The van der Waals surface area contributed by atoms with Crippen LogP contribution < -0.4 is 16.0 Å². The van der Waals surface area contributed by atoms with E-state index in [2.05, 4.69) is 48.0 Å². The number of imide groups is 2. The van der Waals surface area contributed by atoms with Gasteiger partial charge < -0.3 is 39.4 Å². The number of rotatable bonds is 20. The number of fused-ring (bicyclic) bond motifs is 2. The highest BCUT2D eigenvalue weighted by atomic mass is 16.6. The van der Waals surface area contributed by atoms with Crippen molar-refractivity contribution in [1.29, 1.82) is 0 Å². The summed E-state index contributed by atoms with van der Waals surface area (Å²) in [5.74, 6) is -1.71. The fourth-order valence-corrected chi connectivity index (χ4v) is 8.78. The minimum atomic E-state index is -1.01. The van der Waals surface area contributed by atoms with Crippen LogP contribution >= 0.6 is 0 Å². The predicted octanol–water partition coefficient (Wildman–Crippen LogP) is 3.68. The van der Waals surface area contributed by atoms with Gasteiger partial charge in [-0.3, -0.25) is 34.2 Å². The number of cyclic esters (lactones) is 1. The lowest BCUT2D eigenvalue weighted by molar-refractivity contribution is -0.160. The third-order valence-electron chi connectivity index (χ3n) is 11.6. The van der Waals surface area contributed by atoms with E-state index in [1.54, 1.807) is 18.2 Å². The number of aliphatic hydroxyl groups is 1. The van der Waals surface area contributed by atoms with E-state index in [4.69, 9.17) is 23.7 Å². The molecule has 3 aliphatic heterocycles. The summed E-state index contributed by atoms with van der Waals surface area (Å²) >= 11 is 0. The molecule has 59 heavy (non-hydrogen) atoms. The van der Waals surface area contributed by atoms with Gasteiger partial charge in [-0.15, -0.1) is 0 Å². The Labute approximate surface area is 344 Å². The van der Waals surface area contributed by atoms with E-state index in [0.717, 1.165) is 17.7 Å². The van der Waals surface area contributed by atoms with E-state index < -0.39 is 41.9 Å². The minimum absolute atomic E-state index is 0.0500. The molecule has 2 saturated heterocycles. The molecular formula is C43H58N4O12. The molecule has 3 heterocycles. The number of anilines is 1. The zero-order valence-corrected chi connectivity index (χ0v) is 34.0. The Bertz CT molecular complexity index is 1760. The number of nitrogens with zero attached hydrogens (tertiary/aromatic N) is 1. The second-order valence-corrected chi connectivity index (χ2v) is 16.1. The van der Waals surface area contributed by atoms with Crippen molar-refractivity contribution >= 4 is 41.4 Å². The number of piperidine rings is 1. The summed E-state index contributed by atoms with van der Waals surface area (Å²) in [6, 6.07) is 3.94. The largest absolute Gasteiger partial charge is 0.462 e. The summed E-state index contributed by atoms with van der Waals surface area (Å²) in [6.07, 6.45) is 9.09. The van der Waals surface area contributed by atoms with Gasteiger partial charge in [-0.05, 0) is 74.0 Å². The van der Waals surface area contributed by atoms with Gasteiger partial charge in [-0.1, -0.05) is 38.1 Å². The van der Waals surface area contributed by atoms with Crippen LogP contribution in [0, 0.1) is 23.7 Å². The lowest BCUT2D eigenvalue weighted by Gasteiger charge is -2.43. The normalized spacial score (nSPS) is 27.7. The van der Waals surface area contributed by atoms with Gasteiger partial charge in [0.1, 0.15) is 18.2 Å². The highest BCUT2D eigenvalue weighted by Gasteiger charge is 2.46. The summed E-state index contributed by atoms with van der Waals surface area (Å²) in [5, 5.41) is 18.3. The van der Waals surface area contributed by atoms with Gasteiger partial charge in [-0.2, -0.15) is 0 Å². The number of nitrogens with one attached hydrogen (secondary N) is 3. The molecule has 1 aromatic rings. The minimum Gasteiger partial charge on any atom is -0.462 e. The van der Waals surface area contributed by atoms with Crippen LogP contribution in [-0.2, 0) is 38.1 Å². The molecule has 16 heteroatoms. The Morgan fingerprint density at radius 1 is 0.932 bits per heavy atom. The van der Waals surface area contributed by atoms with E-state index in [-0.39, 0.29) is 72.2 Å². The smallest absolute Gasteiger partial charge is 0.407 e. The number of alkyl carbamates (subject to hydrolysis) is 1. The van der Waals surface area contributed by atoms with Gasteiger partial charge in [0.05, 0.1) is 50.1 Å². The number of amides is 5. The number of ether oxygens (including phenoxy) is 5. The first-order valence-corrected chi connectivity index (χ1v) is 21.0. The first kappa shape index (κ1) is 43.9. The molecule has 2 aliphatic carbocycles. The van der Waals surface area contributed by atoms with Crippen molar-refractivity contribution in [3.05, 3.63) is 53.1 Å². The zero-order chi connectivity index (χ0) is 41.9. The molecule has 0 bridgehead atoms. The van der Waals surface area contributed by atoms with E-state index >= 15 is 0 Å². The van der Waals surface area contributed by atoms with Crippen LogP contribution in [0.4, 0.5) is 10.5 Å². The molecule has 322 valence electrons. The van der Waals surface area contributed by atoms with Gasteiger partial charge >= 0.3 is 12.1 Å². The van der Waals surface area contributed by atoms with Crippen molar-refractivity contribution in [2.45, 2.75) is 96.0 Å². The van der Waals surface area contributed by atoms with Crippen LogP contribution in [0.5, 0.6) is 0 Å². The van der Waals surface area contributed by atoms with E-state index in [1.165, 1.54) is 5.57 Å². The maximum absolute atomic E-state index is 13.2. The van der Waals surface area contributed by atoms with E-state index in [9.17, 15) is 33.9 Å². The fourth-order valence-electron chi connectivity index (χ4n) is 8.78. The molecule has 0 aromatic heterocycles. The summed E-state index contributed by atoms with van der Waals surface area (Å²) in [5.41, 5.74) is 2.14. The number of carbonyl (C=O) groups is 6. The maximum Gasteiger partial charge on any atom is 0.407 e. The van der Waals surface area contributed by atoms with Crippen LogP contribution in [0.2, 0.25) is 0 Å². The topological polar surface area (TPSA) is 208 Å². The number of benzene rings is 1. The average Bonchev–Trinajstić information content (AvgIpc) is 3.44. The molecule has 5 amide bonds. The molecule has 2 fully saturated rings. The monoisotopic (exact) mass is 822 g/mol. The van der Waals surface area contributed by atoms with Crippen molar-refractivity contribution in [1.82, 2.24) is 15.5 Å². The summed E-state index contributed by atoms with van der Waals surface area (Å²) in [6.45, 7) is 7.71. The number of hydrogen-bond donors (Lipinski definition) is 4. The third kappa shape index (κ3) is 11.6. The number of aliphatic hydroxyl groups excluding tert-OH is 1. The molecule has 1 unspecified atom stereocenters. The van der Waals surface area contributed by atoms with Crippen LogP contribution in [-0.4, -0.2) is 123 Å². The van der Waals surface area contributed by atoms with Crippen molar-refractivity contribution in [3.8, 4) is 0 Å². The first-order valence-electron chi connectivity index (χ1n) is 21.0. The van der Waals surface area contributed by atoms with Crippen LogP contribution in [0.25, 0.3) is 0 Å². The van der Waals surface area contributed by atoms with Crippen molar-refractivity contribution in [2.75, 3.05) is 58.0 Å². The number of carbonyl (C=O) groups excluding carboxylic acids is 6. The van der Waals surface area contributed by atoms with Crippen molar-refractivity contribution < 1.29 is 57.6 Å². The Balaban J connectivity index is 0.792. The summed E-state index contributed by atoms with van der Waals surface area (Å²) in [4.78, 5) is 75.9. The zero-order valence-electron chi connectivity index (χ0n) is 34.0. The maximum atomic E-state index is 13.2. The van der Waals surface area contributed by atoms with Crippen LogP contribution in [0.3, 0.4) is 0 Å². The number of allylic oxidation sites excluding steroid dienone is 3. The SMILES string of the molecule is C[C@H]1C=C2C=C[C@H](C)[C@H](CC[C@@H]3C[C@@H](O)CC(=O)O3)[C@H]2[C@@H](OC(=O)NCCCOCCOCCOCCCNc2cccc3c2C(=O)N(C2CCC(=O)NC2=O)C3=O)C1. The quantitative estimate of drug-likeness (QED) is 0.0843. The van der Waals surface area contributed by atoms with Gasteiger partial charge in [0.15, 0.2) is 0 Å². The molecule has 6 rings (SSSR count). The first-order chi connectivity index (χ1) is 28.5. The molecule has 5 aliphatic rings. The van der Waals surface area contributed by atoms with Crippen molar-refractivity contribution in [3.63, 3.8) is 0 Å². The standard InChI is InChI=1S/C43H58N4O12/c1-26-22-28-9-8-27(2)31(11-10-30-24-29(48)25-37(50)58-30)38(28)35(23-26)59-43(54)45-15-5-17-56-19-21-57-20-18-55-16-4-14-44-33-7-3-6-32-39(33)42(53)47(41(32)52)34-12-13-36(49)46-40(34)51/h3,6-9,22,26-27,29-31,34-35,38,44,48H,4-5,10-21,23-25H2,1-2H3,(H,45,54)(H,46,49,51)/t26-,27-,29+,30+,31-,34?,35-,38-/m0/s1. The average molecular weight is 823 g/mol. The molecule has 1 aromatic carbocycles. The molecule has 4 N–H and O–H groups in total. The van der Waals surface area contributed by atoms with E-state index in [1.807, 2.05) is 0 Å². The lowest BCUT2D eigenvalue weighted by Crippen LogP contribution is -2.54. The Hall–Kier alpha value is -4.64. The molecule has 8 atom stereocenters. The Morgan fingerprint density at radius 2 is 1.66 bits per heavy atom. The van der Waals surface area contributed by atoms with E-state index in [0.29, 0.717) is 84.1 Å². The third-order valence-corrected chi connectivity index (χ3v) is 11.6. The molecule has 16 nitrogen and oxygen atoms in total. The second-order valence-electron chi connectivity index (χ2n) is 16.1.